The van der Waals surface area contributed by atoms with Crippen molar-refractivity contribution in [1.29, 1.82) is 0 Å². The van der Waals surface area contributed by atoms with E-state index < -0.39 is 0 Å². The molecule has 26 heavy (non-hydrogen) atoms. The molecule has 1 aliphatic rings. The van der Waals surface area contributed by atoms with Crippen LogP contribution in [-0.2, 0) is 19.1 Å². The van der Waals surface area contributed by atoms with Crippen LogP contribution in [0.25, 0.3) is 0 Å². The molecule has 7 nitrogen and oxygen atoms in total. The van der Waals surface area contributed by atoms with Crippen LogP contribution in [0.5, 0.6) is 0 Å². The smallest absolute Gasteiger partial charge is 0.246 e. The molecule has 0 aromatic heterocycles. The Morgan fingerprint density at radius 2 is 1.77 bits per heavy atom. The molecule has 2 amide bonds. The molecule has 152 valence electrons. The number of amides is 2. The van der Waals surface area contributed by atoms with Gasteiger partial charge >= 0.3 is 0 Å². The third-order valence-corrected chi connectivity index (χ3v) is 4.77. The summed E-state index contributed by atoms with van der Waals surface area (Å²) in [7, 11) is 0. The van der Waals surface area contributed by atoms with Crippen LogP contribution in [-0.4, -0.2) is 63.9 Å². The van der Waals surface area contributed by atoms with Crippen molar-refractivity contribution in [2.75, 3.05) is 46.1 Å². The van der Waals surface area contributed by atoms with E-state index >= 15 is 0 Å². The topological polar surface area (TPSA) is 88.7 Å². The molecule has 0 saturated carbocycles. The highest BCUT2D eigenvalue weighted by atomic mass is 16.5. The van der Waals surface area contributed by atoms with E-state index in [1.807, 2.05) is 6.92 Å². The summed E-state index contributed by atoms with van der Waals surface area (Å²) in [6.07, 6.45) is 1.02. The van der Waals surface area contributed by atoms with Crippen molar-refractivity contribution in [1.82, 2.24) is 16.0 Å². The van der Waals surface area contributed by atoms with Crippen molar-refractivity contribution in [2.45, 2.75) is 47.1 Å². The lowest BCUT2D eigenvalue weighted by molar-refractivity contribution is -0.127. The molecule has 7 heteroatoms. The summed E-state index contributed by atoms with van der Waals surface area (Å²) in [5.74, 6) is 0.727. The molecule has 1 saturated heterocycles. The number of hydrogen-bond acceptors (Lipinski definition) is 5. The molecule has 1 fully saturated rings. The predicted molar refractivity (Wildman–Crippen MR) is 102 cm³/mol. The fraction of sp³-hybridized carbons (Fsp3) is 0.895. The van der Waals surface area contributed by atoms with Gasteiger partial charge in [-0.2, -0.15) is 0 Å². The summed E-state index contributed by atoms with van der Waals surface area (Å²) in [5.41, 5.74) is 0.0378. The van der Waals surface area contributed by atoms with Gasteiger partial charge in [-0.25, -0.2) is 0 Å². The monoisotopic (exact) mass is 371 g/mol. The summed E-state index contributed by atoms with van der Waals surface area (Å²) in [6, 6.07) is 0.106. The maximum Gasteiger partial charge on any atom is 0.246 e. The number of carbonyl (C=O) groups is 2. The van der Waals surface area contributed by atoms with E-state index in [0.717, 1.165) is 19.5 Å². The van der Waals surface area contributed by atoms with Gasteiger partial charge in [-0.05, 0) is 30.6 Å². The van der Waals surface area contributed by atoms with Crippen LogP contribution in [0.2, 0.25) is 0 Å². The average molecular weight is 372 g/mol. The van der Waals surface area contributed by atoms with Crippen molar-refractivity contribution in [2.24, 2.45) is 17.3 Å². The van der Waals surface area contributed by atoms with Gasteiger partial charge in [-0.15, -0.1) is 0 Å². The third-order valence-electron chi connectivity index (χ3n) is 4.77. The normalized spacial score (nSPS) is 21.9. The van der Waals surface area contributed by atoms with E-state index in [2.05, 4.69) is 36.7 Å². The van der Waals surface area contributed by atoms with E-state index in [4.69, 9.17) is 9.47 Å². The predicted octanol–water partition coefficient (Wildman–Crippen LogP) is 0.932. The van der Waals surface area contributed by atoms with Gasteiger partial charge in [0.1, 0.15) is 6.61 Å². The Balaban J connectivity index is 2.15. The SMILES string of the molecule is CC(=O)NCCOCC1CNCC(COCC(=O)NC(C)C(C)(C)C)C1. The zero-order valence-corrected chi connectivity index (χ0v) is 17.0. The highest BCUT2D eigenvalue weighted by molar-refractivity contribution is 5.77. The lowest BCUT2D eigenvalue weighted by Gasteiger charge is -2.30. The van der Waals surface area contributed by atoms with E-state index in [1.165, 1.54) is 6.92 Å². The molecule has 1 heterocycles. The first-order chi connectivity index (χ1) is 12.2. The molecule has 0 aromatic rings. The molecule has 1 aliphatic heterocycles. The van der Waals surface area contributed by atoms with Gasteiger partial charge in [0.2, 0.25) is 11.8 Å². The van der Waals surface area contributed by atoms with Gasteiger partial charge in [0.05, 0.1) is 19.8 Å². The second kappa shape index (κ2) is 11.5. The zero-order valence-electron chi connectivity index (χ0n) is 17.0. The second-order valence-electron chi connectivity index (χ2n) is 8.35. The number of carbonyl (C=O) groups excluding carboxylic acids is 2. The van der Waals surface area contributed by atoms with Crippen molar-refractivity contribution in [3.63, 3.8) is 0 Å². The Morgan fingerprint density at radius 3 is 2.35 bits per heavy atom. The lowest BCUT2D eigenvalue weighted by Crippen LogP contribution is -2.43. The van der Waals surface area contributed by atoms with Crippen LogP contribution < -0.4 is 16.0 Å². The first-order valence-corrected chi connectivity index (χ1v) is 9.58. The first-order valence-electron chi connectivity index (χ1n) is 9.58. The van der Waals surface area contributed by atoms with Gasteiger partial charge in [0, 0.05) is 32.6 Å². The number of nitrogens with one attached hydrogen (secondary N) is 3. The Labute approximate surface area is 158 Å². The minimum Gasteiger partial charge on any atom is -0.379 e. The highest BCUT2D eigenvalue weighted by Crippen LogP contribution is 2.19. The largest absolute Gasteiger partial charge is 0.379 e. The van der Waals surface area contributed by atoms with E-state index in [0.29, 0.717) is 38.2 Å². The van der Waals surface area contributed by atoms with Gasteiger partial charge in [-0.1, -0.05) is 20.8 Å². The number of piperidine rings is 1. The van der Waals surface area contributed by atoms with Crippen molar-refractivity contribution in [3.8, 4) is 0 Å². The van der Waals surface area contributed by atoms with Gasteiger partial charge < -0.3 is 25.4 Å². The number of hydrogen-bond donors (Lipinski definition) is 3. The van der Waals surface area contributed by atoms with E-state index in [1.54, 1.807) is 0 Å². The summed E-state index contributed by atoms with van der Waals surface area (Å²) < 4.78 is 11.3. The molecule has 3 atom stereocenters. The molecule has 3 unspecified atom stereocenters. The highest BCUT2D eigenvalue weighted by Gasteiger charge is 2.24. The van der Waals surface area contributed by atoms with Crippen molar-refractivity contribution in [3.05, 3.63) is 0 Å². The van der Waals surface area contributed by atoms with Crippen LogP contribution in [0.4, 0.5) is 0 Å². The van der Waals surface area contributed by atoms with Crippen LogP contribution in [0, 0.1) is 17.3 Å². The first kappa shape index (κ1) is 22.9. The van der Waals surface area contributed by atoms with Gasteiger partial charge in [0.25, 0.3) is 0 Å². The Bertz CT molecular complexity index is 437. The van der Waals surface area contributed by atoms with E-state index in [-0.39, 0.29) is 29.9 Å². The van der Waals surface area contributed by atoms with Crippen molar-refractivity contribution < 1.29 is 19.1 Å². The summed E-state index contributed by atoms with van der Waals surface area (Å²) in [4.78, 5) is 22.7. The summed E-state index contributed by atoms with van der Waals surface area (Å²) >= 11 is 0. The fourth-order valence-corrected chi connectivity index (χ4v) is 2.75. The fourth-order valence-electron chi connectivity index (χ4n) is 2.75. The van der Waals surface area contributed by atoms with Crippen LogP contribution in [0.3, 0.4) is 0 Å². The standard InChI is InChI=1S/C19H37N3O4/c1-14(19(3,4)5)22-18(24)13-26-12-17-8-16(9-20-10-17)11-25-7-6-21-15(2)23/h14,16-17,20H,6-13H2,1-5H3,(H,21,23)(H,22,24). The maximum absolute atomic E-state index is 12.0. The van der Waals surface area contributed by atoms with Gasteiger partial charge in [0.15, 0.2) is 0 Å². The summed E-state index contributed by atoms with van der Waals surface area (Å²) in [6.45, 7) is 14.1. The molecular weight excluding hydrogens is 334 g/mol. The molecule has 3 N–H and O–H groups in total. The minimum atomic E-state index is -0.0611. The Morgan fingerprint density at radius 1 is 1.15 bits per heavy atom. The number of rotatable bonds is 10. The maximum atomic E-state index is 12.0. The molecular formula is C19H37N3O4. The summed E-state index contributed by atoms with van der Waals surface area (Å²) in [5, 5.41) is 9.10. The van der Waals surface area contributed by atoms with E-state index in [9.17, 15) is 9.59 Å². The average Bonchev–Trinajstić information content (AvgIpc) is 2.53. The van der Waals surface area contributed by atoms with Crippen LogP contribution in [0.1, 0.15) is 41.0 Å². The van der Waals surface area contributed by atoms with Crippen molar-refractivity contribution >= 4 is 11.8 Å². The molecule has 0 aliphatic carbocycles. The lowest BCUT2D eigenvalue weighted by atomic mass is 9.88. The van der Waals surface area contributed by atoms with Crippen LogP contribution >= 0.6 is 0 Å². The van der Waals surface area contributed by atoms with Gasteiger partial charge in [-0.3, -0.25) is 9.59 Å². The third kappa shape index (κ3) is 10.1. The molecule has 0 spiro atoms. The molecule has 0 aromatic carbocycles. The molecule has 1 rings (SSSR count). The molecule has 0 radical (unpaired) electrons. The zero-order chi connectivity index (χ0) is 19.6. The molecule has 0 bridgehead atoms. The minimum absolute atomic E-state index is 0.0360. The quantitative estimate of drug-likeness (QED) is 0.497. The Hall–Kier alpha value is -1.18. The number of ether oxygens (including phenoxy) is 2. The van der Waals surface area contributed by atoms with Crippen LogP contribution in [0.15, 0.2) is 0 Å². The second-order valence-corrected chi connectivity index (χ2v) is 8.35. The Kier molecular flexibility index (Phi) is 10.1.